The number of nitro benzene ring substituents is 1. The second-order valence-electron chi connectivity index (χ2n) is 5.01. The summed E-state index contributed by atoms with van der Waals surface area (Å²) in [7, 11) is 2.96. The highest BCUT2D eigenvalue weighted by atomic mass is 16.6. The quantitative estimate of drug-likeness (QED) is 0.349. The number of nitro groups is 1. The van der Waals surface area contributed by atoms with Crippen molar-refractivity contribution in [1.29, 1.82) is 0 Å². The number of aryl methyl sites for hydroxylation is 1. The van der Waals surface area contributed by atoms with Gasteiger partial charge in [0.25, 0.3) is 5.69 Å². The van der Waals surface area contributed by atoms with Crippen LogP contribution in [0.2, 0.25) is 0 Å². The van der Waals surface area contributed by atoms with Gasteiger partial charge in [-0.25, -0.2) is 0 Å². The summed E-state index contributed by atoms with van der Waals surface area (Å²) in [5.74, 6) is 0.500. The molecule has 0 saturated carbocycles. The molecule has 2 rings (SSSR count). The number of carbonyl (C=O) groups is 1. The number of hydrogen-bond acceptors (Lipinski definition) is 5. The van der Waals surface area contributed by atoms with E-state index in [2.05, 4.69) is 0 Å². The number of ether oxygens (including phenoxy) is 2. The summed E-state index contributed by atoms with van der Waals surface area (Å²) in [5, 5.41) is 11.0. The first-order valence-corrected chi connectivity index (χ1v) is 7.17. The number of ketones is 1. The Kier molecular flexibility index (Phi) is 5.31. The first kappa shape index (κ1) is 17.2. The molecule has 0 radical (unpaired) electrons. The predicted octanol–water partition coefficient (Wildman–Crippen LogP) is 3.82. The Labute approximate surface area is 139 Å². The molecule has 0 heterocycles. The second kappa shape index (κ2) is 7.41. The van der Waals surface area contributed by atoms with Crippen molar-refractivity contribution in [3.05, 3.63) is 69.3 Å². The van der Waals surface area contributed by atoms with E-state index in [1.165, 1.54) is 32.4 Å². The van der Waals surface area contributed by atoms with Crippen molar-refractivity contribution in [3.63, 3.8) is 0 Å². The number of carbonyl (C=O) groups excluding carboxylic acids is 1. The van der Waals surface area contributed by atoms with Crippen LogP contribution in [0, 0.1) is 17.0 Å². The van der Waals surface area contributed by atoms with Crippen molar-refractivity contribution in [1.82, 2.24) is 0 Å². The van der Waals surface area contributed by atoms with E-state index < -0.39 is 4.92 Å². The minimum atomic E-state index is -0.486. The maximum atomic E-state index is 12.5. The van der Waals surface area contributed by atoms with Crippen LogP contribution in [0.3, 0.4) is 0 Å². The first-order valence-electron chi connectivity index (χ1n) is 7.17. The number of nitrogens with zero attached hydrogens (tertiary/aromatic N) is 1. The standard InChI is InChI=1S/C18H17NO5/c1-12-8-10-14(18(24-3)17(12)23-2)16(20)11-9-13-6-4-5-7-15(13)19(21)22/h4-11H,1-3H3/b11-9+. The molecule has 0 aliphatic rings. The van der Waals surface area contributed by atoms with Crippen LogP contribution in [0.1, 0.15) is 21.5 Å². The lowest BCUT2D eigenvalue weighted by Crippen LogP contribution is -2.02. The molecule has 6 heteroatoms. The predicted molar refractivity (Wildman–Crippen MR) is 90.7 cm³/mol. The van der Waals surface area contributed by atoms with Crippen LogP contribution < -0.4 is 9.47 Å². The first-order chi connectivity index (χ1) is 11.5. The minimum absolute atomic E-state index is 0.0602. The van der Waals surface area contributed by atoms with E-state index >= 15 is 0 Å². The van der Waals surface area contributed by atoms with Crippen LogP contribution in [-0.4, -0.2) is 24.9 Å². The van der Waals surface area contributed by atoms with Gasteiger partial charge in [-0.2, -0.15) is 0 Å². The summed E-state index contributed by atoms with van der Waals surface area (Å²) >= 11 is 0. The third-order valence-corrected chi connectivity index (χ3v) is 3.53. The van der Waals surface area contributed by atoms with Gasteiger partial charge >= 0.3 is 0 Å². The molecule has 124 valence electrons. The molecule has 0 aliphatic heterocycles. The van der Waals surface area contributed by atoms with Crippen molar-refractivity contribution in [3.8, 4) is 11.5 Å². The summed E-state index contributed by atoms with van der Waals surface area (Å²) in [6.07, 6.45) is 2.71. The fourth-order valence-corrected chi connectivity index (χ4v) is 2.36. The van der Waals surface area contributed by atoms with Crippen molar-refractivity contribution >= 4 is 17.5 Å². The van der Waals surface area contributed by atoms with E-state index in [1.54, 1.807) is 30.3 Å². The largest absolute Gasteiger partial charge is 0.493 e. The molecular weight excluding hydrogens is 310 g/mol. The van der Waals surface area contributed by atoms with Gasteiger partial charge in [-0.3, -0.25) is 14.9 Å². The molecule has 2 aromatic rings. The van der Waals surface area contributed by atoms with Gasteiger partial charge in [0.1, 0.15) is 0 Å². The highest BCUT2D eigenvalue weighted by Gasteiger charge is 2.17. The third-order valence-electron chi connectivity index (χ3n) is 3.53. The fourth-order valence-electron chi connectivity index (χ4n) is 2.36. The molecule has 0 spiro atoms. The molecule has 24 heavy (non-hydrogen) atoms. The molecule has 0 fully saturated rings. The zero-order valence-electron chi connectivity index (χ0n) is 13.6. The van der Waals surface area contributed by atoms with Gasteiger partial charge in [0.05, 0.1) is 30.3 Å². The maximum Gasteiger partial charge on any atom is 0.276 e. The average Bonchev–Trinajstić information content (AvgIpc) is 2.59. The number of benzene rings is 2. The van der Waals surface area contributed by atoms with Gasteiger partial charge in [0, 0.05) is 6.07 Å². The number of allylic oxidation sites excluding steroid dienone is 1. The van der Waals surface area contributed by atoms with Crippen LogP contribution in [0.5, 0.6) is 11.5 Å². The Balaban J connectivity index is 2.39. The Morgan fingerprint density at radius 2 is 1.75 bits per heavy atom. The van der Waals surface area contributed by atoms with E-state index in [0.29, 0.717) is 22.6 Å². The Morgan fingerprint density at radius 1 is 1.08 bits per heavy atom. The molecule has 0 saturated heterocycles. The van der Waals surface area contributed by atoms with Crippen molar-refractivity contribution in [2.75, 3.05) is 14.2 Å². The zero-order valence-corrected chi connectivity index (χ0v) is 13.6. The molecule has 0 aromatic heterocycles. The molecule has 6 nitrogen and oxygen atoms in total. The Bertz CT molecular complexity index is 811. The summed E-state index contributed by atoms with van der Waals surface area (Å²) in [6.45, 7) is 1.85. The van der Waals surface area contributed by atoms with Gasteiger partial charge in [-0.15, -0.1) is 0 Å². The monoisotopic (exact) mass is 327 g/mol. The number of hydrogen-bond donors (Lipinski definition) is 0. The van der Waals surface area contributed by atoms with E-state index in [4.69, 9.17) is 9.47 Å². The molecule has 0 amide bonds. The van der Waals surface area contributed by atoms with E-state index in [9.17, 15) is 14.9 Å². The van der Waals surface area contributed by atoms with Crippen LogP contribution in [-0.2, 0) is 0 Å². The Morgan fingerprint density at radius 3 is 2.38 bits per heavy atom. The van der Waals surface area contributed by atoms with E-state index in [1.807, 2.05) is 6.92 Å². The highest BCUT2D eigenvalue weighted by molar-refractivity contribution is 6.09. The topological polar surface area (TPSA) is 78.7 Å². The van der Waals surface area contributed by atoms with Gasteiger partial charge in [-0.1, -0.05) is 18.2 Å². The SMILES string of the molecule is COc1c(C)ccc(C(=O)/C=C/c2ccccc2[N+](=O)[O-])c1OC. The lowest BCUT2D eigenvalue weighted by atomic mass is 10.0. The molecule has 0 N–H and O–H groups in total. The molecule has 2 aromatic carbocycles. The van der Waals surface area contributed by atoms with Crippen LogP contribution >= 0.6 is 0 Å². The minimum Gasteiger partial charge on any atom is -0.493 e. The molecule has 0 aliphatic carbocycles. The lowest BCUT2D eigenvalue weighted by molar-refractivity contribution is -0.385. The van der Waals surface area contributed by atoms with E-state index in [-0.39, 0.29) is 11.5 Å². The summed E-state index contributed by atoms with van der Waals surface area (Å²) in [4.78, 5) is 23.0. The fraction of sp³-hybridized carbons (Fsp3) is 0.167. The van der Waals surface area contributed by atoms with Crippen LogP contribution in [0.25, 0.3) is 6.08 Å². The van der Waals surface area contributed by atoms with Gasteiger partial charge in [0.15, 0.2) is 17.3 Å². The number of methoxy groups -OCH3 is 2. The van der Waals surface area contributed by atoms with Crippen molar-refractivity contribution < 1.29 is 19.2 Å². The molecule has 0 atom stereocenters. The number of rotatable bonds is 6. The smallest absolute Gasteiger partial charge is 0.276 e. The lowest BCUT2D eigenvalue weighted by Gasteiger charge is -2.13. The van der Waals surface area contributed by atoms with Gasteiger partial charge in [0.2, 0.25) is 0 Å². The normalized spacial score (nSPS) is 10.6. The van der Waals surface area contributed by atoms with Crippen LogP contribution in [0.4, 0.5) is 5.69 Å². The summed E-state index contributed by atoms with van der Waals surface area (Å²) in [6, 6.07) is 9.61. The van der Waals surface area contributed by atoms with Crippen LogP contribution in [0.15, 0.2) is 42.5 Å². The zero-order chi connectivity index (χ0) is 17.7. The molecule has 0 bridgehead atoms. The van der Waals surface area contributed by atoms with Gasteiger partial charge in [-0.05, 0) is 36.8 Å². The average molecular weight is 327 g/mol. The van der Waals surface area contributed by atoms with Crippen molar-refractivity contribution in [2.24, 2.45) is 0 Å². The van der Waals surface area contributed by atoms with E-state index in [0.717, 1.165) is 5.56 Å². The summed E-state index contributed by atoms with van der Waals surface area (Å²) in [5.41, 5.74) is 1.47. The molecule has 0 unspecified atom stereocenters. The summed E-state index contributed by atoms with van der Waals surface area (Å²) < 4.78 is 10.6. The second-order valence-corrected chi connectivity index (χ2v) is 5.01. The molecular formula is C18H17NO5. The number of para-hydroxylation sites is 1. The highest BCUT2D eigenvalue weighted by Crippen LogP contribution is 2.34. The maximum absolute atomic E-state index is 12.5. The third kappa shape index (κ3) is 3.43. The van der Waals surface area contributed by atoms with Crippen molar-refractivity contribution in [2.45, 2.75) is 6.92 Å². The Hall–Kier alpha value is -3.15. The van der Waals surface area contributed by atoms with Gasteiger partial charge < -0.3 is 9.47 Å².